The van der Waals surface area contributed by atoms with Crippen LogP contribution < -0.4 is 0 Å². The Morgan fingerprint density at radius 1 is 0.581 bits per heavy atom. The van der Waals surface area contributed by atoms with Gasteiger partial charge in [-0.1, -0.05) is 152 Å². The summed E-state index contributed by atoms with van der Waals surface area (Å²) >= 11 is 0. The van der Waals surface area contributed by atoms with Crippen LogP contribution >= 0.6 is 7.82 Å². The summed E-state index contributed by atoms with van der Waals surface area (Å²) in [5.74, 6) is -1.17. The van der Waals surface area contributed by atoms with Crippen LogP contribution in [0.5, 0.6) is 0 Å². The van der Waals surface area contributed by atoms with Crippen LogP contribution in [0.25, 0.3) is 0 Å². The number of epoxide rings is 1. The molecule has 6 N–H and O–H groups in total. The van der Waals surface area contributed by atoms with Crippen LogP contribution in [0.3, 0.4) is 0 Å². The van der Waals surface area contributed by atoms with Crippen LogP contribution in [0, 0.1) is 0 Å². The van der Waals surface area contributed by atoms with Gasteiger partial charge in [0.15, 0.2) is 6.10 Å². The molecule has 1 saturated heterocycles. The first-order chi connectivity index (χ1) is 29.9. The minimum absolute atomic E-state index is 0.0147. The van der Waals surface area contributed by atoms with Gasteiger partial charge in [0.05, 0.1) is 18.8 Å². The molecular weight excluding hydrogens is 819 g/mol. The minimum Gasteiger partial charge on any atom is -0.462 e. The van der Waals surface area contributed by atoms with Gasteiger partial charge in [0.25, 0.3) is 0 Å². The Morgan fingerprint density at radius 2 is 1.05 bits per heavy atom. The summed E-state index contributed by atoms with van der Waals surface area (Å²) in [5.41, 5.74) is 0. The Morgan fingerprint density at radius 3 is 1.60 bits per heavy atom. The van der Waals surface area contributed by atoms with Crippen molar-refractivity contribution in [3.8, 4) is 0 Å². The molecule has 0 bridgehead atoms. The van der Waals surface area contributed by atoms with Gasteiger partial charge in [-0.3, -0.25) is 18.6 Å². The van der Waals surface area contributed by atoms with Crippen molar-refractivity contribution in [2.45, 2.75) is 223 Å². The van der Waals surface area contributed by atoms with Crippen molar-refractivity contribution in [3.05, 3.63) is 48.6 Å². The third-order valence-electron chi connectivity index (χ3n) is 11.1. The molecule has 0 radical (unpaired) electrons. The van der Waals surface area contributed by atoms with Crippen LogP contribution in [-0.2, 0) is 37.4 Å². The summed E-state index contributed by atoms with van der Waals surface area (Å²) in [6.07, 6.45) is 27.8. The van der Waals surface area contributed by atoms with Gasteiger partial charge in [-0.05, 0) is 51.4 Å². The highest BCUT2D eigenvalue weighted by atomic mass is 31.2. The van der Waals surface area contributed by atoms with E-state index >= 15 is 0 Å². The molecule has 14 nitrogen and oxygen atoms in total. The Balaban J connectivity index is 1.72. The number of phosphoric acid groups is 1. The number of unbranched alkanes of at least 4 members (excludes halogenated alkanes) is 15. The van der Waals surface area contributed by atoms with Crippen LogP contribution in [0.2, 0.25) is 0 Å². The van der Waals surface area contributed by atoms with Gasteiger partial charge < -0.3 is 44.6 Å². The number of rotatable bonds is 37. The van der Waals surface area contributed by atoms with E-state index < -0.39 is 75.7 Å². The van der Waals surface area contributed by atoms with Crippen molar-refractivity contribution in [2.75, 3.05) is 13.2 Å². The number of esters is 2. The first-order valence-electron chi connectivity index (χ1n) is 23.6. The average Bonchev–Trinajstić information content (AvgIpc) is 4.01. The first-order valence-corrected chi connectivity index (χ1v) is 25.1. The zero-order valence-corrected chi connectivity index (χ0v) is 38.5. The molecule has 0 spiro atoms. The van der Waals surface area contributed by atoms with Crippen LogP contribution in [0.4, 0.5) is 0 Å². The smallest absolute Gasteiger partial charge is 0.462 e. The summed E-state index contributed by atoms with van der Waals surface area (Å²) in [5, 5.41) is 50.2. The van der Waals surface area contributed by atoms with E-state index in [-0.39, 0.29) is 12.8 Å². The SMILES string of the molecule is CC/C=C\CC1OC1C/C=C\C/C=C\C/C=C\CCCC(=O)OC(COC(=O)CCCCCCCCCCCCCCCCC)COP(=O)(O)OC1C(O)C(O)C(O)C(O)C1O. The van der Waals surface area contributed by atoms with Gasteiger partial charge in [0.1, 0.15) is 43.2 Å². The van der Waals surface area contributed by atoms with E-state index in [9.17, 15) is 44.6 Å². The van der Waals surface area contributed by atoms with Crippen molar-refractivity contribution in [1.29, 1.82) is 0 Å². The zero-order valence-electron chi connectivity index (χ0n) is 37.6. The number of aliphatic hydroxyl groups excluding tert-OH is 5. The third-order valence-corrected chi connectivity index (χ3v) is 12.1. The maximum atomic E-state index is 12.8. The molecule has 0 aromatic rings. The number of aliphatic hydroxyl groups is 5. The zero-order chi connectivity index (χ0) is 45.4. The molecule has 0 amide bonds. The number of carbonyl (C=O) groups is 2. The lowest BCUT2D eigenvalue weighted by Gasteiger charge is -2.41. The first kappa shape index (κ1) is 55.9. The van der Waals surface area contributed by atoms with E-state index in [0.717, 1.165) is 51.4 Å². The van der Waals surface area contributed by atoms with Gasteiger partial charge in [0, 0.05) is 12.8 Å². The Bertz CT molecular complexity index is 1340. The van der Waals surface area contributed by atoms with Gasteiger partial charge in [0.2, 0.25) is 0 Å². The number of hydrogen-bond acceptors (Lipinski definition) is 13. The van der Waals surface area contributed by atoms with Crippen molar-refractivity contribution in [2.24, 2.45) is 0 Å². The van der Waals surface area contributed by atoms with E-state index in [4.69, 9.17) is 23.3 Å². The monoisotopic (exact) mass is 901 g/mol. The van der Waals surface area contributed by atoms with Crippen molar-refractivity contribution in [3.63, 3.8) is 0 Å². The fourth-order valence-corrected chi connectivity index (χ4v) is 8.16. The third kappa shape index (κ3) is 25.9. The number of phosphoric ester groups is 1. The molecule has 8 unspecified atom stereocenters. The van der Waals surface area contributed by atoms with E-state index in [1.54, 1.807) is 0 Å². The summed E-state index contributed by atoms with van der Waals surface area (Å²) in [7, 11) is -5.14. The maximum absolute atomic E-state index is 12.8. The predicted molar refractivity (Wildman–Crippen MR) is 239 cm³/mol. The lowest BCUT2D eigenvalue weighted by atomic mass is 9.85. The molecule has 2 aliphatic rings. The summed E-state index contributed by atoms with van der Waals surface area (Å²) in [6.45, 7) is 3.13. The van der Waals surface area contributed by atoms with E-state index in [1.165, 1.54) is 70.6 Å². The molecule has 2 fully saturated rings. The Labute approximate surface area is 371 Å². The molecule has 62 heavy (non-hydrogen) atoms. The van der Waals surface area contributed by atoms with Gasteiger partial charge in [-0.2, -0.15) is 0 Å². The lowest BCUT2D eigenvalue weighted by Crippen LogP contribution is -2.64. The number of allylic oxidation sites excluding steroid dienone is 6. The number of ether oxygens (including phenoxy) is 3. The van der Waals surface area contributed by atoms with Crippen LogP contribution in [0.15, 0.2) is 48.6 Å². The second-order valence-corrected chi connectivity index (χ2v) is 18.0. The highest BCUT2D eigenvalue weighted by Crippen LogP contribution is 2.47. The molecule has 358 valence electrons. The summed E-state index contributed by atoms with van der Waals surface area (Å²) in [4.78, 5) is 35.7. The van der Waals surface area contributed by atoms with Crippen LogP contribution in [0.1, 0.15) is 168 Å². The van der Waals surface area contributed by atoms with Crippen molar-refractivity contribution >= 4 is 19.8 Å². The molecule has 1 heterocycles. The van der Waals surface area contributed by atoms with Gasteiger partial charge >= 0.3 is 19.8 Å². The normalized spacial score (nSPS) is 25.5. The molecule has 1 aliphatic heterocycles. The molecule has 1 saturated carbocycles. The summed E-state index contributed by atoms with van der Waals surface area (Å²) in [6, 6.07) is 0. The van der Waals surface area contributed by atoms with Gasteiger partial charge in [-0.15, -0.1) is 0 Å². The van der Waals surface area contributed by atoms with E-state index in [0.29, 0.717) is 31.5 Å². The highest BCUT2D eigenvalue weighted by molar-refractivity contribution is 7.47. The summed E-state index contributed by atoms with van der Waals surface area (Å²) < 4.78 is 39.2. The Kier molecular flexibility index (Phi) is 30.8. The molecule has 15 heteroatoms. The number of hydrogen-bond donors (Lipinski definition) is 6. The molecule has 0 aromatic heterocycles. The van der Waals surface area contributed by atoms with Crippen LogP contribution in [-0.4, -0.2) is 111 Å². The predicted octanol–water partition coefficient (Wildman–Crippen LogP) is 8.16. The number of carbonyl (C=O) groups excluding carboxylic acids is 2. The quantitative estimate of drug-likeness (QED) is 0.0114. The highest BCUT2D eigenvalue weighted by Gasteiger charge is 2.51. The fourth-order valence-electron chi connectivity index (χ4n) is 7.19. The van der Waals surface area contributed by atoms with E-state index in [2.05, 4.69) is 50.3 Å². The molecule has 8 atom stereocenters. The largest absolute Gasteiger partial charge is 0.472 e. The topological polar surface area (TPSA) is 222 Å². The van der Waals surface area contributed by atoms with Crippen molar-refractivity contribution in [1.82, 2.24) is 0 Å². The average molecular weight is 901 g/mol. The second kappa shape index (κ2) is 34.2. The maximum Gasteiger partial charge on any atom is 0.472 e. The molecule has 0 aromatic carbocycles. The Hall–Kier alpha value is -2.23. The standard InChI is InChI=1S/C47H81O14P/c1-3-5-7-8-9-10-11-12-13-14-15-19-22-25-29-33-40(48)57-35-37(36-58-62(55,56)61-47-45(53)43(51)42(50)44(52)46(47)54)59-41(49)34-30-26-23-20-17-16-18-21-24-28-32-39-38(60-39)31-27-6-4-2/h6,16,18,20,23-24,27-28,37-39,42-47,50-54H,3-5,7-15,17,19,21-22,25-26,29-36H2,1-2H3,(H,55,56)/b18-16-,23-20-,27-6-,28-24-. The second-order valence-electron chi connectivity index (χ2n) is 16.6. The van der Waals surface area contributed by atoms with Gasteiger partial charge in [-0.25, -0.2) is 4.57 Å². The minimum atomic E-state index is -5.14. The lowest BCUT2D eigenvalue weighted by molar-refractivity contribution is -0.220. The molecular formula is C47H81O14P. The fraction of sp³-hybridized carbons (Fsp3) is 0.787. The molecule has 2 rings (SSSR count). The van der Waals surface area contributed by atoms with E-state index in [1.807, 2.05) is 12.2 Å². The van der Waals surface area contributed by atoms with Crippen molar-refractivity contribution < 1.29 is 67.8 Å². The molecule has 1 aliphatic carbocycles.